The zero-order valence-electron chi connectivity index (χ0n) is 13.5. The van der Waals surface area contributed by atoms with Crippen molar-refractivity contribution in [3.8, 4) is 0 Å². The second-order valence-corrected chi connectivity index (χ2v) is 9.59. The third kappa shape index (κ3) is 1.79. The zero-order chi connectivity index (χ0) is 17.2. The number of rotatable bonds is 3. The van der Waals surface area contributed by atoms with Crippen LogP contribution in [-0.2, 0) is 14.6 Å². The number of benzene rings is 1. The minimum atomic E-state index is -3.72. The molecule has 0 bridgehead atoms. The Hall–Kier alpha value is -2.14. The Balaban J connectivity index is 1.83. The fourth-order valence-electron chi connectivity index (χ4n) is 3.87. The molecule has 0 aromatic heterocycles. The van der Waals surface area contributed by atoms with Crippen molar-refractivity contribution in [2.45, 2.75) is 22.8 Å². The average molecular weight is 341 g/mol. The summed E-state index contributed by atoms with van der Waals surface area (Å²) in [5.74, 6) is -0.444. The molecule has 1 amide bonds. The van der Waals surface area contributed by atoms with Crippen LogP contribution >= 0.6 is 0 Å². The van der Waals surface area contributed by atoms with Gasteiger partial charge in [-0.1, -0.05) is 55.1 Å². The van der Waals surface area contributed by atoms with Crippen molar-refractivity contribution >= 4 is 21.3 Å². The van der Waals surface area contributed by atoms with Gasteiger partial charge in [-0.15, -0.1) is 0 Å². The van der Waals surface area contributed by atoms with E-state index in [4.69, 9.17) is 0 Å². The van der Waals surface area contributed by atoms with Crippen LogP contribution < -0.4 is 5.32 Å². The number of nitrogens with one attached hydrogen (secondary N) is 1. The lowest BCUT2D eigenvalue weighted by atomic mass is 9.90. The molecule has 1 aliphatic heterocycles. The van der Waals surface area contributed by atoms with Crippen LogP contribution in [0.3, 0.4) is 0 Å². The van der Waals surface area contributed by atoms with E-state index in [2.05, 4.69) is 11.9 Å². The summed E-state index contributed by atoms with van der Waals surface area (Å²) in [4.78, 5) is 12.2. The van der Waals surface area contributed by atoms with E-state index < -0.39 is 19.3 Å². The number of piperidine rings is 1. The maximum Gasteiger partial charge on any atom is 0.241 e. The van der Waals surface area contributed by atoms with Gasteiger partial charge in [0.2, 0.25) is 5.91 Å². The fourth-order valence-corrected chi connectivity index (χ4v) is 6.43. The van der Waals surface area contributed by atoms with E-state index in [1.807, 2.05) is 30.3 Å². The van der Waals surface area contributed by atoms with Crippen LogP contribution in [0.15, 0.2) is 60.7 Å². The number of sulfone groups is 1. The van der Waals surface area contributed by atoms with Crippen molar-refractivity contribution in [3.05, 3.63) is 66.3 Å². The van der Waals surface area contributed by atoms with Crippen molar-refractivity contribution in [1.82, 2.24) is 5.32 Å². The molecule has 1 saturated carbocycles. The van der Waals surface area contributed by atoms with Gasteiger partial charge in [-0.3, -0.25) is 4.79 Å². The molecule has 24 heavy (non-hydrogen) atoms. The van der Waals surface area contributed by atoms with E-state index in [0.717, 1.165) is 16.7 Å². The number of allylic oxidation sites excluding steroid dienone is 3. The highest BCUT2D eigenvalue weighted by Crippen LogP contribution is 2.57. The van der Waals surface area contributed by atoms with E-state index in [-0.39, 0.29) is 11.8 Å². The number of fused-ring (bicyclic) bond motifs is 1. The zero-order valence-corrected chi connectivity index (χ0v) is 14.3. The molecule has 3 unspecified atom stereocenters. The van der Waals surface area contributed by atoms with Gasteiger partial charge >= 0.3 is 0 Å². The van der Waals surface area contributed by atoms with E-state index in [1.54, 1.807) is 25.2 Å². The Labute approximate surface area is 141 Å². The van der Waals surface area contributed by atoms with Crippen molar-refractivity contribution in [3.63, 3.8) is 0 Å². The van der Waals surface area contributed by atoms with E-state index in [1.165, 1.54) is 0 Å². The minimum absolute atomic E-state index is 0.0982. The molecule has 1 aromatic carbocycles. The van der Waals surface area contributed by atoms with Gasteiger partial charge in [0, 0.05) is 12.5 Å². The summed E-state index contributed by atoms with van der Waals surface area (Å²) in [5.41, 5.74) is 2.50. The van der Waals surface area contributed by atoms with Gasteiger partial charge in [0.25, 0.3) is 0 Å². The second-order valence-electron chi connectivity index (χ2n) is 6.97. The monoisotopic (exact) mass is 341 g/mol. The third-order valence-electron chi connectivity index (χ3n) is 5.48. The maximum absolute atomic E-state index is 13.4. The fraction of sp³-hybridized carbons (Fsp3) is 0.316. The molecule has 1 N–H and O–H groups in total. The SMILES string of the molecule is C=C1C=CC(C)(S(=O)(=O)C23CC2CNC3=O)C=C1c1ccccc1. The predicted octanol–water partition coefficient (Wildman–Crippen LogP) is 2.26. The third-order valence-corrected chi connectivity index (χ3v) is 8.53. The highest BCUT2D eigenvalue weighted by Gasteiger charge is 2.74. The molecule has 3 atom stereocenters. The van der Waals surface area contributed by atoms with Crippen molar-refractivity contribution < 1.29 is 13.2 Å². The molecule has 1 heterocycles. The average Bonchev–Trinajstić information content (AvgIpc) is 3.24. The van der Waals surface area contributed by atoms with E-state index in [9.17, 15) is 13.2 Å². The van der Waals surface area contributed by atoms with Crippen LogP contribution in [0, 0.1) is 5.92 Å². The quantitative estimate of drug-likeness (QED) is 0.917. The molecule has 124 valence electrons. The number of amides is 1. The molecule has 0 spiro atoms. The van der Waals surface area contributed by atoms with Crippen LogP contribution in [0.5, 0.6) is 0 Å². The lowest BCUT2D eigenvalue weighted by molar-refractivity contribution is -0.120. The van der Waals surface area contributed by atoms with E-state index >= 15 is 0 Å². The smallest absolute Gasteiger partial charge is 0.241 e. The number of hydrogen-bond acceptors (Lipinski definition) is 3. The Morgan fingerprint density at radius 2 is 1.96 bits per heavy atom. The van der Waals surface area contributed by atoms with Crippen molar-refractivity contribution in [1.29, 1.82) is 0 Å². The largest absolute Gasteiger partial charge is 0.354 e. The molecule has 4 rings (SSSR count). The summed E-state index contributed by atoms with van der Waals surface area (Å²) in [5, 5.41) is 2.69. The number of hydrogen-bond donors (Lipinski definition) is 1. The van der Waals surface area contributed by atoms with Gasteiger partial charge in [0.15, 0.2) is 14.6 Å². The predicted molar refractivity (Wildman–Crippen MR) is 93.9 cm³/mol. The Kier molecular flexibility index (Phi) is 3.01. The molecule has 0 radical (unpaired) electrons. The Morgan fingerprint density at radius 1 is 1.25 bits per heavy atom. The molecule has 3 aliphatic rings. The van der Waals surface area contributed by atoms with Gasteiger partial charge in [-0.05, 0) is 30.1 Å². The van der Waals surface area contributed by atoms with Gasteiger partial charge in [-0.25, -0.2) is 8.42 Å². The summed E-state index contributed by atoms with van der Waals surface area (Å²) in [6, 6.07) is 9.60. The Bertz CT molecular complexity index is 913. The molecule has 1 saturated heterocycles. The summed E-state index contributed by atoms with van der Waals surface area (Å²) >= 11 is 0. The van der Waals surface area contributed by atoms with Crippen LogP contribution in [0.25, 0.3) is 5.57 Å². The van der Waals surface area contributed by atoms with E-state index in [0.29, 0.717) is 13.0 Å². The summed E-state index contributed by atoms with van der Waals surface area (Å²) in [7, 11) is -3.72. The van der Waals surface area contributed by atoms with Crippen LogP contribution in [-0.4, -0.2) is 30.4 Å². The lowest BCUT2D eigenvalue weighted by Crippen LogP contribution is -2.47. The molecule has 5 heteroatoms. The number of carbonyl (C=O) groups is 1. The van der Waals surface area contributed by atoms with Gasteiger partial charge in [-0.2, -0.15) is 0 Å². The minimum Gasteiger partial charge on any atom is -0.354 e. The first-order valence-corrected chi connectivity index (χ1v) is 9.49. The normalized spacial score (nSPS) is 34.5. The standard InChI is InChI=1S/C19H19NO3S/c1-13-8-9-18(2,11-16(13)14-6-4-3-5-7-14)24(22,23)19-10-15(19)12-20-17(19)21/h3-9,11,15H,1,10,12H2,2H3,(H,20,21). The highest BCUT2D eigenvalue weighted by atomic mass is 32.2. The summed E-state index contributed by atoms with van der Waals surface area (Å²) < 4.78 is 24.3. The van der Waals surface area contributed by atoms with Gasteiger partial charge in [0.1, 0.15) is 4.75 Å². The summed E-state index contributed by atoms with van der Waals surface area (Å²) in [6.45, 7) is 6.16. The van der Waals surface area contributed by atoms with Crippen LogP contribution in [0.4, 0.5) is 0 Å². The van der Waals surface area contributed by atoms with Crippen molar-refractivity contribution in [2.75, 3.05) is 6.54 Å². The number of carbonyl (C=O) groups excluding carboxylic acids is 1. The molecule has 2 fully saturated rings. The van der Waals surface area contributed by atoms with Gasteiger partial charge in [0.05, 0.1) is 0 Å². The molecule has 1 aromatic rings. The maximum atomic E-state index is 13.4. The molecule has 4 nitrogen and oxygen atoms in total. The molecular weight excluding hydrogens is 322 g/mol. The summed E-state index contributed by atoms with van der Waals surface area (Å²) in [6.07, 6.45) is 5.59. The topological polar surface area (TPSA) is 63.2 Å². The lowest BCUT2D eigenvalue weighted by Gasteiger charge is -2.31. The highest BCUT2D eigenvalue weighted by molar-refractivity contribution is 7.95. The first-order valence-electron chi connectivity index (χ1n) is 8.01. The van der Waals surface area contributed by atoms with Crippen LogP contribution in [0.2, 0.25) is 0 Å². The molecular formula is C19H19NO3S. The molecule has 2 aliphatic carbocycles. The Morgan fingerprint density at radius 3 is 2.54 bits per heavy atom. The first kappa shape index (κ1) is 15.4. The van der Waals surface area contributed by atoms with Gasteiger partial charge < -0.3 is 5.32 Å². The second kappa shape index (κ2) is 4.70. The van der Waals surface area contributed by atoms with Crippen LogP contribution in [0.1, 0.15) is 18.9 Å². The first-order chi connectivity index (χ1) is 11.3. The van der Waals surface area contributed by atoms with Crippen molar-refractivity contribution in [2.24, 2.45) is 5.92 Å².